The van der Waals surface area contributed by atoms with Gasteiger partial charge in [-0.3, -0.25) is 0 Å². The first-order valence-corrected chi connectivity index (χ1v) is 8.09. The van der Waals surface area contributed by atoms with E-state index in [-0.39, 0.29) is 0 Å². The molecule has 1 aliphatic carbocycles. The van der Waals surface area contributed by atoms with Crippen molar-refractivity contribution in [1.82, 2.24) is 0 Å². The number of rotatable bonds is 6. The van der Waals surface area contributed by atoms with Crippen molar-refractivity contribution in [3.8, 4) is 0 Å². The molecule has 21 heavy (non-hydrogen) atoms. The zero-order chi connectivity index (χ0) is 16.3. The van der Waals surface area contributed by atoms with Crippen LogP contribution < -0.4 is 0 Å². The molecule has 0 aromatic heterocycles. The standard InChI is InChI=1S/C11H18.C10H16/c1-9(2)5-4-6-10(3)11-7-8-11;1-5-10(4)8-6-7-9(2)3/h5-6,11H,4,7-8H2,1-3H3;5,7-8H,1,6H2,2-4H3. The maximum atomic E-state index is 3.67. The molecule has 1 saturated carbocycles. The van der Waals surface area contributed by atoms with Gasteiger partial charge in [0.25, 0.3) is 0 Å². The van der Waals surface area contributed by atoms with E-state index in [1.165, 1.54) is 29.6 Å². The lowest BCUT2D eigenvalue weighted by Gasteiger charge is -1.94. The molecule has 1 fully saturated rings. The van der Waals surface area contributed by atoms with Crippen LogP contribution in [0.5, 0.6) is 0 Å². The van der Waals surface area contributed by atoms with Gasteiger partial charge in [-0.2, -0.15) is 0 Å². The highest BCUT2D eigenvalue weighted by Gasteiger charge is 2.22. The van der Waals surface area contributed by atoms with Gasteiger partial charge in [-0.25, -0.2) is 0 Å². The van der Waals surface area contributed by atoms with Gasteiger partial charge in [-0.15, -0.1) is 0 Å². The molecule has 0 nitrogen and oxygen atoms in total. The Kier molecular flexibility index (Phi) is 10.7. The van der Waals surface area contributed by atoms with Crippen molar-refractivity contribution in [2.24, 2.45) is 5.92 Å². The Balaban J connectivity index is 0.000000384. The molecule has 0 spiro atoms. The van der Waals surface area contributed by atoms with Gasteiger partial charge in [0.05, 0.1) is 0 Å². The van der Waals surface area contributed by atoms with Gasteiger partial charge in [0.1, 0.15) is 0 Å². The van der Waals surface area contributed by atoms with Crippen LogP contribution >= 0.6 is 0 Å². The lowest BCUT2D eigenvalue weighted by Crippen LogP contribution is -1.76. The number of hydrogen-bond acceptors (Lipinski definition) is 0. The minimum atomic E-state index is 0.945. The van der Waals surface area contributed by atoms with Gasteiger partial charge in [0, 0.05) is 0 Å². The highest BCUT2D eigenvalue weighted by atomic mass is 14.3. The van der Waals surface area contributed by atoms with Crippen LogP contribution in [0.25, 0.3) is 0 Å². The van der Waals surface area contributed by atoms with Crippen LogP contribution in [0.4, 0.5) is 0 Å². The Bertz CT molecular complexity index is 415. The summed E-state index contributed by atoms with van der Waals surface area (Å²) in [6.45, 7) is 16.5. The second-order valence-electron chi connectivity index (χ2n) is 6.41. The second-order valence-corrected chi connectivity index (χ2v) is 6.41. The molecule has 0 aliphatic heterocycles. The highest BCUT2D eigenvalue weighted by molar-refractivity contribution is 5.14. The van der Waals surface area contributed by atoms with E-state index in [9.17, 15) is 0 Å². The summed E-state index contributed by atoms with van der Waals surface area (Å²) in [7, 11) is 0. The molecule has 0 heterocycles. The second kappa shape index (κ2) is 11.4. The molecule has 0 bridgehead atoms. The third kappa shape index (κ3) is 13.4. The van der Waals surface area contributed by atoms with E-state index in [0.29, 0.717) is 0 Å². The summed E-state index contributed by atoms with van der Waals surface area (Å²) >= 11 is 0. The zero-order valence-electron chi connectivity index (χ0n) is 15.0. The summed E-state index contributed by atoms with van der Waals surface area (Å²) in [5, 5.41) is 0. The smallest absolute Gasteiger partial charge is 0.0161 e. The van der Waals surface area contributed by atoms with Crippen molar-refractivity contribution in [3.05, 3.63) is 59.3 Å². The molecule has 0 aromatic rings. The van der Waals surface area contributed by atoms with Crippen molar-refractivity contribution < 1.29 is 0 Å². The van der Waals surface area contributed by atoms with E-state index >= 15 is 0 Å². The molecule has 0 atom stereocenters. The van der Waals surface area contributed by atoms with Gasteiger partial charge in [0.15, 0.2) is 0 Å². The van der Waals surface area contributed by atoms with Crippen LogP contribution in [0.1, 0.15) is 67.2 Å². The van der Waals surface area contributed by atoms with Crippen LogP contribution in [-0.2, 0) is 0 Å². The van der Waals surface area contributed by atoms with E-state index in [4.69, 9.17) is 0 Å². The molecule has 0 saturated heterocycles. The largest absolute Gasteiger partial charge is 0.0988 e. The zero-order valence-corrected chi connectivity index (χ0v) is 15.0. The summed E-state index contributed by atoms with van der Waals surface area (Å²) in [5.74, 6) is 0.945. The topological polar surface area (TPSA) is 0 Å². The van der Waals surface area contributed by atoms with Crippen LogP contribution in [-0.4, -0.2) is 0 Å². The van der Waals surface area contributed by atoms with Crippen molar-refractivity contribution >= 4 is 0 Å². The SMILES string of the molecule is C=CC(C)=CCC=C(C)C.CC(C)=CCC=C(C)C1CC1. The monoisotopic (exact) mass is 286 g/mol. The first kappa shape index (κ1) is 19.7. The van der Waals surface area contributed by atoms with E-state index < -0.39 is 0 Å². The van der Waals surface area contributed by atoms with Crippen LogP contribution in [0, 0.1) is 5.92 Å². The molecule has 1 aliphatic rings. The molecule has 0 N–H and O–H groups in total. The van der Waals surface area contributed by atoms with Crippen LogP contribution in [0.15, 0.2) is 59.3 Å². The minimum absolute atomic E-state index is 0.945. The Hall–Kier alpha value is -1.30. The molecular formula is C21H34. The van der Waals surface area contributed by atoms with Gasteiger partial charge < -0.3 is 0 Å². The fourth-order valence-corrected chi connectivity index (χ4v) is 1.75. The van der Waals surface area contributed by atoms with Gasteiger partial charge in [0.2, 0.25) is 0 Å². The fourth-order valence-electron chi connectivity index (χ4n) is 1.75. The average Bonchev–Trinajstić information content (AvgIpc) is 3.22. The lowest BCUT2D eigenvalue weighted by atomic mass is 10.1. The molecule has 0 heteroatoms. The Morgan fingerprint density at radius 3 is 1.67 bits per heavy atom. The summed E-state index contributed by atoms with van der Waals surface area (Å²) in [6, 6.07) is 0. The molecule has 1 rings (SSSR count). The van der Waals surface area contributed by atoms with Gasteiger partial charge >= 0.3 is 0 Å². The Morgan fingerprint density at radius 2 is 1.29 bits per heavy atom. The molecule has 0 aromatic carbocycles. The van der Waals surface area contributed by atoms with E-state index in [1.54, 1.807) is 5.57 Å². The average molecular weight is 287 g/mol. The van der Waals surface area contributed by atoms with Gasteiger partial charge in [-0.05, 0) is 73.1 Å². The predicted molar refractivity (Wildman–Crippen MR) is 98.5 cm³/mol. The maximum Gasteiger partial charge on any atom is -0.0161 e. The third-order valence-electron chi connectivity index (χ3n) is 3.48. The first-order chi connectivity index (χ1) is 9.86. The van der Waals surface area contributed by atoms with Gasteiger partial charge in [-0.1, -0.05) is 59.3 Å². The lowest BCUT2D eigenvalue weighted by molar-refractivity contribution is 0.990. The molecular weight excluding hydrogens is 252 g/mol. The summed E-state index contributed by atoms with van der Waals surface area (Å²) in [6.07, 6.45) is 15.9. The molecule has 0 radical (unpaired) electrons. The number of hydrogen-bond donors (Lipinski definition) is 0. The summed E-state index contributed by atoms with van der Waals surface area (Å²) in [5.41, 5.74) is 5.64. The predicted octanol–water partition coefficient (Wildman–Crippen LogP) is 7.17. The highest BCUT2D eigenvalue weighted by Crippen LogP contribution is 2.36. The van der Waals surface area contributed by atoms with Crippen LogP contribution in [0.3, 0.4) is 0 Å². The summed E-state index contributed by atoms with van der Waals surface area (Å²) in [4.78, 5) is 0. The Labute approximate surface area is 133 Å². The van der Waals surface area contributed by atoms with E-state index in [1.807, 2.05) is 6.08 Å². The van der Waals surface area contributed by atoms with E-state index in [2.05, 4.69) is 72.4 Å². The van der Waals surface area contributed by atoms with Crippen molar-refractivity contribution in [2.75, 3.05) is 0 Å². The molecule has 118 valence electrons. The van der Waals surface area contributed by atoms with Crippen molar-refractivity contribution in [2.45, 2.75) is 67.2 Å². The minimum Gasteiger partial charge on any atom is -0.0988 e. The van der Waals surface area contributed by atoms with Crippen molar-refractivity contribution in [3.63, 3.8) is 0 Å². The third-order valence-corrected chi connectivity index (χ3v) is 3.48. The first-order valence-electron chi connectivity index (χ1n) is 8.09. The molecule has 0 amide bonds. The normalized spacial score (nSPS) is 14.8. The number of allylic oxidation sites excluding steroid dienone is 9. The summed E-state index contributed by atoms with van der Waals surface area (Å²) < 4.78 is 0. The molecule has 0 unspecified atom stereocenters. The fraction of sp³-hybridized carbons (Fsp3) is 0.524. The Morgan fingerprint density at radius 1 is 0.810 bits per heavy atom. The van der Waals surface area contributed by atoms with Crippen LogP contribution in [0.2, 0.25) is 0 Å². The van der Waals surface area contributed by atoms with Crippen molar-refractivity contribution in [1.29, 1.82) is 0 Å². The quantitative estimate of drug-likeness (QED) is 0.358. The van der Waals surface area contributed by atoms with E-state index in [0.717, 1.165) is 18.8 Å². The maximum absolute atomic E-state index is 3.67.